The van der Waals surface area contributed by atoms with Crippen molar-refractivity contribution in [2.75, 3.05) is 5.32 Å². The Bertz CT molecular complexity index is 950. The molecule has 5 nitrogen and oxygen atoms in total. The molecule has 0 saturated carbocycles. The van der Waals surface area contributed by atoms with E-state index >= 15 is 0 Å². The zero-order valence-corrected chi connectivity index (χ0v) is 12.4. The van der Waals surface area contributed by atoms with E-state index in [2.05, 4.69) is 10.3 Å². The molecule has 0 aliphatic carbocycles. The van der Waals surface area contributed by atoms with E-state index in [0.29, 0.717) is 33.4 Å². The van der Waals surface area contributed by atoms with Crippen LogP contribution in [0.25, 0.3) is 10.9 Å². The van der Waals surface area contributed by atoms with Crippen LogP contribution in [0.2, 0.25) is 0 Å². The highest BCUT2D eigenvalue weighted by molar-refractivity contribution is 6.12. The van der Waals surface area contributed by atoms with E-state index in [9.17, 15) is 9.59 Å². The molecule has 0 bridgehead atoms. The van der Waals surface area contributed by atoms with Crippen LogP contribution in [0.1, 0.15) is 28.5 Å². The maximum atomic E-state index is 12.5. The number of ketones is 1. The summed E-state index contributed by atoms with van der Waals surface area (Å²) < 4.78 is 0. The maximum Gasteiger partial charge on any atom is 0.221 e. The minimum absolute atomic E-state index is 0.144. The molecule has 0 spiro atoms. The van der Waals surface area contributed by atoms with Gasteiger partial charge < -0.3 is 10.3 Å². The summed E-state index contributed by atoms with van der Waals surface area (Å²) in [4.78, 5) is 26.9. The first-order valence-corrected chi connectivity index (χ1v) is 7.02. The standard InChI is InChI=1S/C18H13N3O2/c1-11(22)20-15-7-12(10-19)8-16-14(15)9-17(21-16)18(23)13-5-3-2-4-6-13/h2-9,21H,1H3,(H,20,22). The van der Waals surface area contributed by atoms with Crippen LogP contribution in [0.4, 0.5) is 5.69 Å². The molecule has 1 amide bonds. The van der Waals surface area contributed by atoms with Crippen LogP contribution in [-0.2, 0) is 4.79 Å². The van der Waals surface area contributed by atoms with Crippen molar-refractivity contribution in [2.24, 2.45) is 0 Å². The Morgan fingerprint density at radius 3 is 2.52 bits per heavy atom. The zero-order valence-electron chi connectivity index (χ0n) is 12.4. The summed E-state index contributed by atoms with van der Waals surface area (Å²) in [6.45, 7) is 1.40. The number of rotatable bonds is 3. The van der Waals surface area contributed by atoms with E-state index in [4.69, 9.17) is 5.26 Å². The Balaban J connectivity index is 2.13. The lowest BCUT2D eigenvalue weighted by Gasteiger charge is -2.04. The summed E-state index contributed by atoms with van der Waals surface area (Å²) in [7, 11) is 0. The van der Waals surface area contributed by atoms with Gasteiger partial charge in [-0.2, -0.15) is 5.26 Å². The van der Waals surface area contributed by atoms with Crippen LogP contribution < -0.4 is 5.32 Å². The van der Waals surface area contributed by atoms with Gasteiger partial charge in [0.1, 0.15) is 0 Å². The fraction of sp³-hybridized carbons (Fsp3) is 0.0556. The predicted octanol–water partition coefficient (Wildman–Crippen LogP) is 3.23. The quantitative estimate of drug-likeness (QED) is 0.728. The molecule has 0 unspecified atom stereocenters. The Morgan fingerprint density at radius 1 is 1.13 bits per heavy atom. The molecule has 23 heavy (non-hydrogen) atoms. The number of anilines is 1. The van der Waals surface area contributed by atoms with E-state index < -0.39 is 0 Å². The van der Waals surface area contributed by atoms with E-state index in [1.54, 1.807) is 42.5 Å². The summed E-state index contributed by atoms with van der Waals surface area (Å²) in [6.07, 6.45) is 0. The molecule has 0 atom stereocenters. The Morgan fingerprint density at radius 2 is 1.87 bits per heavy atom. The lowest BCUT2D eigenvalue weighted by Crippen LogP contribution is -2.06. The van der Waals surface area contributed by atoms with E-state index in [-0.39, 0.29) is 11.7 Å². The first-order valence-electron chi connectivity index (χ1n) is 7.02. The van der Waals surface area contributed by atoms with Crippen LogP contribution in [0, 0.1) is 11.3 Å². The number of nitrogens with zero attached hydrogens (tertiary/aromatic N) is 1. The SMILES string of the molecule is CC(=O)Nc1cc(C#N)cc2[nH]c(C(=O)c3ccccc3)cc12. The Labute approximate surface area is 132 Å². The van der Waals surface area contributed by atoms with E-state index in [0.717, 1.165) is 0 Å². The second-order valence-corrected chi connectivity index (χ2v) is 5.16. The first kappa shape index (κ1) is 14.5. The van der Waals surface area contributed by atoms with Crippen molar-refractivity contribution in [2.45, 2.75) is 6.92 Å². The number of fused-ring (bicyclic) bond motifs is 1. The maximum absolute atomic E-state index is 12.5. The number of H-pyrrole nitrogens is 1. The topological polar surface area (TPSA) is 85.8 Å². The molecule has 1 aromatic heterocycles. The third-order valence-corrected chi connectivity index (χ3v) is 3.46. The van der Waals surface area contributed by atoms with E-state index in [1.807, 2.05) is 12.1 Å². The highest BCUT2D eigenvalue weighted by atomic mass is 16.1. The van der Waals surface area contributed by atoms with Gasteiger partial charge in [0.25, 0.3) is 0 Å². The van der Waals surface area contributed by atoms with Gasteiger partial charge in [-0.25, -0.2) is 0 Å². The van der Waals surface area contributed by atoms with Crippen LogP contribution in [0.15, 0.2) is 48.5 Å². The molecule has 1 heterocycles. The van der Waals surface area contributed by atoms with Crippen LogP contribution in [-0.4, -0.2) is 16.7 Å². The molecule has 3 rings (SSSR count). The van der Waals surface area contributed by atoms with Crippen molar-refractivity contribution in [1.82, 2.24) is 4.98 Å². The number of amides is 1. The molecule has 2 N–H and O–H groups in total. The number of nitrogens with one attached hydrogen (secondary N) is 2. The summed E-state index contributed by atoms with van der Waals surface area (Å²) >= 11 is 0. The number of nitriles is 1. The fourth-order valence-corrected chi connectivity index (χ4v) is 2.46. The van der Waals surface area contributed by atoms with Gasteiger partial charge in [-0.1, -0.05) is 30.3 Å². The molecule has 2 aromatic carbocycles. The second-order valence-electron chi connectivity index (χ2n) is 5.16. The molecule has 0 radical (unpaired) electrons. The van der Waals surface area contributed by atoms with Crippen molar-refractivity contribution in [1.29, 1.82) is 5.26 Å². The van der Waals surface area contributed by atoms with Gasteiger partial charge in [-0.3, -0.25) is 9.59 Å². The van der Waals surface area contributed by atoms with Crippen molar-refractivity contribution in [3.05, 3.63) is 65.4 Å². The molecule has 0 aliphatic heterocycles. The normalized spacial score (nSPS) is 10.3. The smallest absolute Gasteiger partial charge is 0.221 e. The molecular formula is C18H13N3O2. The Hall–Kier alpha value is -3.39. The van der Waals surface area contributed by atoms with Crippen LogP contribution in [0.5, 0.6) is 0 Å². The van der Waals surface area contributed by atoms with Crippen molar-refractivity contribution in [3.8, 4) is 6.07 Å². The number of aromatic amines is 1. The molecule has 112 valence electrons. The summed E-state index contributed by atoms with van der Waals surface area (Å²) in [6, 6.07) is 15.9. The van der Waals surface area contributed by atoms with Gasteiger partial charge >= 0.3 is 0 Å². The van der Waals surface area contributed by atoms with E-state index in [1.165, 1.54) is 6.92 Å². The number of benzene rings is 2. The lowest BCUT2D eigenvalue weighted by atomic mass is 10.1. The number of aromatic nitrogens is 1. The third-order valence-electron chi connectivity index (χ3n) is 3.46. The largest absolute Gasteiger partial charge is 0.352 e. The van der Waals surface area contributed by atoms with Gasteiger partial charge in [0.2, 0.25) is 11.7 Å². The van der Waals surface area contributed by atoms with Gasteiger partial charge in [0, 0.05) is 23.4 Å². The summed E-state index contributed by atoms with van der Waals surface area (Å²) in [5.41, 5.74) is 2.53. The first-order chi connectivity index (χ1) is 11.1. The van der Waals surface area contributed by atoms with Crippen LogP contribution >= 0.6 is 0 Å². The summed E-state index contributed by atoms with van der Waals surface area (Å²) in [5, 5.41) is 12.5. The summed E-state index contributed by atoms with van der Waals surface area (Å²) in [5.74, 6) is -0.382. The molecule has 5 heteroatoms. The number of hydrogen-bond acceptors (Lipinski definition) is 3. The average Bonchev–Trinajstić information content (AvgIpc) is 2.98. The molecule has 0 fully saturated rings. The second kappa shape index (κ2) is 5.78. The molecular weight excluding hydrogens is 290 g/mol. The van der Waals surface area contributed by atoms with Gasteiger partial charge in [-0.15, -0.1) is 0 Å². The molecule has 3 aromatic rings. The highest BCUT2D eigenvalue weighted by Crippen LogP contribution is 2.27. The minimum atomic E-state index is -0.237. The van der Waals surface area contributed by atoms with Gasteiger partial charge in [-0.05, 0) is 18.2 Å². The third kappa shape index (κ3) is 2.83. The van der Waals surface area contributed by atoms with Crippen molar-refractivity contribution >= 4 is 28.3 Å². The zero-order chi connectivity index (χ0) is 16.4. The number of carbonyl (C=O) groups excluding carboxylic acids is 2. The number of hydrogen-bond donors (Lipinski definition) is 2. The van der Waals surface area contributed by atoms with Crippen molar-refractivity contribution in [3.63, 3.8) is 0 Å². The van der Waals surface area contributed by atoms with Gasteiger partial charge in [0.15, 0.2) is 0 Å². The lowest BCUT2D eigenvalue weighted by molar-refractivity contribution is -0.114. The monoisotopic (exact) mass is 303 g/mol. The van der Waals surface area contributed by atoms with Crippen molar-refractivity contribution < 1.29 is 9.59 Å². The molecule has 0 saturated heterocycles. The highest BCUT2D eigenvalue weighted by Gasteiger charge is 2.15. The predicted molar refractivity (Wildman–Crippen MR) is 87.2 cm³/mol. The fourth-order valence-electron chi connectivity index (χ4n) is 2.46. The Kier molecular flexibility index (Phi) is 3.65. The number of carbonyl (C=O) groups is 2. The van der Waals surface area contributed by atoms with Crippen LogP contribution in [0.3, 0.4) is 0 Å². The van der Waals surface area contributed by atoms with Gasteiger partial charge in [0.05, 0.1) is 23.0 Å². The molecule has 0 aliphatic rings. The average molecular weight is 303 g/mol. The minimum Gasteiger partial charge on any atom is -0.352 e.